The summed E-state index contributed by atoms with van der Waals surface area (Å²) in [6.45, 7) is 4.48. The number of phenolic OH excluding ortho intramolecular Hbond substituents is 1. The molecule has 1 fully saturated rings. The smallest absolute Gasteiger partial charge is 0.326 e. The van der Waals surface area contributed by atoms with Crippen molar-refractivity contribution in [2.75, 3.05) is 39.9 Å². The van der Waals surface area contributed by atoms with Crippen molar-refractivity contribution in [3.05, 3.63) is 30.5 Å². The fourth-order valence-corrected chi connectivity index (χ4v) is 3.33. The van der Waals surface area contributed by atoms with Crippen LogP contribution >= 0.6 is 0 Å². The number of nitrogens with one attached hydrogen (secondary N) is 1. The van der Waals surface area contributed by atoms with Crippen LogP contribution in [0.25, 0.3) is 10.9 Å². The second kappa shape index (κ2) is 7.68. The van der Waals surface area contributed by atoms with Gasteiger partial charge in [0.05, 0.1) is 5.52 Å². The molecule has 1 aliphatic heterocycles. The van der Waals surface area contributed by atoms with Crippen LogP contribution in [-0.2, 0) is 4.74 Å². The van der Waals surface area contributed by atoms with E-state index in [0.717, 1.165) is 50.0 Å². The van der Waals surface area contributed by atoms with E-state index in [2.05, 4.69) is 10.2 Å². The zero-order valence-corrected chi connectivity index (χ0v) is 14.1. The molecule has 2 heterocycles. The van der Waals surface area contributed by atoms with E-state index in [1.165, 1.54) is 0 Å². The van der Waals surface area contributed by atoms with Gasteiger partial charge in [-0.15, -0.1) is 0 Å². The molecule has 1 aromatic heterocycles. The Hall–Kier alpha value is -2.05. The van der Waals surface area contributed by atoms with Crippen LogP contribution in [0.4, 0.5) is 4.79 Å². The van der Waals surface area contributed by atoms with E-state index in [0.29, 0.717) is 12.5 Å². The van der Waals surface area contributed by atoms with Gasteiger partial charge in [0.2, 0.25) is 0 Å². The van der Waals surface area contributed by atoms with E-state index in [9.17, 15) is 9.90 Å². The monoisotopic (exact) mass is 331 g/mol. The molecule has 0 radical (unpaired) electrons. The summed E-state index contributed by atoms with van der Waals surface area (Å²) in [5.41, 5.74) is 0.797. The average molecular weight is 331 g/mol. The predicted octanol–water partition coefficient (Wildman–Crippen LogP) is 2.26. The molecule has 1 amide bonds. The lowest BCUT2D eigenvalue weighted by Gasteiger charge is -2.31. The molecule has 130 valence electrons. The molecule has 2 N–H and O–H groups in total. The van der Waals surface area contributed by atoms with Crippen LogP contribution in [0.2, 0.25) is 0 Å². The molecule has 6 heteroatoms. The van der Waals surface area contributed by atoms with E-state index in [1.807, 2.05) is 6.07 Å². The van der Waals surface area contributed by atoms with Crippen LogP contribution in [0.3, 0.4) is 0 Å². The molecule has 1 aromatic carbocycles. The van der Waals surface area contributed by atoms with Crippen LogP contribution in [0.1, 0.15) is 12.8 Å². The number of hydrogen-bond donors (Lipinski definition) is 2. The molecule has 24 heavy (non-hydrogen) atoms. The fourth-order valence-electron chi connectivity index (χ4n) is 3.33. The van der Waals surface area contributed by atoms with Gasteiger partial charge in [-0.1, -0.05) is 0 Å². The fraction of sp³-hybridized carbons (Fsp3) is 0.500. The van der Waals surface area contributed by atoms with Gasteiger partial charge in [-0.05, 0) is 56.1 Å². The molecule has 1 saturated heterocycles. The number of amides is 1. The highest BCUT2D eigenvalue weighted by molar-refractivity contribution is 5.92. The third kappa shape index (κ3) is 3.88. The number of piperidine rings is 1. The molecule has 0 saturated carbocycles. The molecule has 6 nitrogen and oxygen atoms in total. The van der Waals surface area contributed by atoms with Gasteiger partial charge in [0, 0.05) is 38.4 Å². The highest BCUT2D eigenvalue weighted by atomic mass is 16.5. The first-order chi connectivity index (χ1) is 11.7. The van der Waals surface area contributed by atoms with E-state index >= 15 is 0 Å². The topological polar surface area (TPSA) is 66.7 Å². The summed E-state index contributed by atoms with van der Waals surface area (Å²) in [4.78, 5) is 14.7. The van der Waals surface area contributed by atoms with Crippen molar-refractivity contribution >= 4 is 16.9 Å². The number of ether oxygens (including phenoxy) is 1. The molecule has 2 aromatic rings. The quantitative estimate of drug-likeness (QED) is 0.882. The number of aromatic hydroxyl groups is 1. The lowest BCUT2D eigenvalue weighted by Crippen LogP contribution is -2.41. The molecule has 0 atom stereocenters. The Kier molecular flexibility index (Phi) is 5.37. The highest BCUT2D eigenvalue weighted by Crippen LogP contribution is 2.21. The van der Waals surface area contributed by atoms with Crippen molar-refractivity contribution in [2.24, 2.45) is 5.92 Å². The first-order valence-electron chi connectivity index (χ1n) is 8.47. The summed E-state index contributed by atoms with van der Waals surface area (Å²) in [6, 6.07) is 6.70. The molecule has 0 aliphatic carbocycles. The van der Waals surface area contributed by atoms with Crippen LogP contribution in [0.15, 0.2) is 30.5 Å². The lowest BCUT2D eigenvalue weighted by atomic mass is 9.98. The second-order valence-electron chi connectivity index (χ2n) is 6.40. The van der Waals surface area contributed by atoms with E-state index < -0.39 is 0 Å². The van der Waals surface area contributed by atoms with Gasteiger partial charge in [-0.25, -0.2) is 4.79 Å². The summed E-state index contributed by atoms with van der Waals surface area (Å²) in [7, 11) is 1.76. The Morgan fingerprint density at radius 2 is 2.12 bits per heavy atom. The van der Waals surface area contributed by atoms with Gasteiger partial charge in [0.1, 0.15) is 5.75 Å². The number of rotatable bonds is 5. The van der Waals surface area contributed by atoms with E-state index in [-0.39, 0.29) is 11.8 Å². The number of nitrogens with zero attached hydrogens (tertiary/aromatic N) is 2. The minimum atomic E-state index is -0.134. The summed E-state index contributed by atoms with van der Waals surface area (Å²) >= 11 is 0. The van der Waals surface area contributed by atoms with Crippen LogP contribution in [0, 0.1) is 5.92 Å². The molecular formula is C18H25N3O3. The SMILES string of the molecule is COCC1CCN(CCNC(=O)n2ccc3cc(O)ccc32)CC1. The molecular weight excluding hydrogens is 306 g/mol. The number of methoxy groups -OCH3 is 1. The van der Waals surface area contributed by atoms with Crippen molar-refractivity contribution in [1.29, 1.82) is 0 Å². The van der Waals surface area contributed by atoms with E-state index in [1.54, 1.807) is 36.1 Å². The predicted molar refractivity (Wildman–Crippen MR) is 93.4 cm³/mol. The van der Waals surface area contributed by atoms with Gasteiger partial charge in [0.15, 0.2) is 0 Å². The normalized spacial score (nSPS) is 16.5. The largest absolute Gasteiger partial charge is 0.508 e. The van der Waals surface area contributed by atoms with Crippen molar-refractivity contribution < 1.29 is 14.6 Å². The van der Waals surface area contributed by atoms with Crippen molar-refractivity contribution in [1.82, 2.24) is 14.8 Å². The van der Waals surface area contributed by atoms with Crippen LogP contribution in [-0.4, -0.2) is 60.5 Å². The van der Waals surface area contributed by atoms with Gasteiger partial charge >= 0.3 is 6.03 Å². The van der Waals surface area contributed by atoms with Crippen LogP contribution < -0.4 is 5.32 Å². The van der Waals surface area contributed by atoms with Gasteiger partial charge < -0.3 is 20.1 Å². The maximum atomic E-state index is 12.3. The third-order valence-corrected chi connectivity index (χ3v) is 4.71. The minimum Gasteiger partial charge on any atom is -0.508 e. The molecule has 0 unspecified atom stereocenters. The number of likely N-dealkylation sites (tertiary alicyclic amines) is 1. The Bertz CT molecular complexity index is 690. The number of fused-ring (bicyclic) bond motifs is 1. The average Bonchev–Trinajstić information content (AvgIpc) is 2.99. The number of carbonyl (C=O) groups is 1. The maximum absolute atomic E-state index is 12.3. The second-order valence-corrected chi connectivity index (χ2v) is 6.40. The summed E-state index contributed by atoms with van der Waals surface area (Å²) in [6.07, 6.45) is 4.05. The summed E-state index contributed by atoms with van der Waals surface area (Å²) < 4.78 is 6.80. The molecule has 0 spiro atoms. The Labute approximate surface area is 142 Å². The van der Waals surface area contributed by atoms with Gasteiger partial charge in [0.25, 0.3) is 0 Å². The van der Waals surface area contributed by atoms with Crippen molar-refractivity contribution in [3.8, 4) is 5.75 Å². The number of phenols is 1. The maximum Gasteiger partial charge on any atom is 0.326 e. The molecule has 3 rings (SSSR count). The summed E-state index contributed by atoms with van der Waals surface area (Å²) in [5, 5.41) is 13.3. The highest BCUT2D eigenvalue weighted by Gasteiger charge is 2.18. The lowest BCUT2D eigenvalue weighted by molar-refractivity contribution is 0.100. The molecule has 0 bridgehead atoms. The Balaban J connectivity index is 1.47. The van der Waals surface area contributed by atoms with Crippen LogP contribution in [0.5, 0.6) is 5.75 Å². The first kappa shape index (κ1) is 16.8. The number of hydrogen-bond acceptors (Lipinski definition) is 4. The van der Waals surface area contributed by atoms with E-state index in [4.69, 9.17) is 4.74 Å². The number of benzene rings is 1. The zero-order valence-electron chi connectivity index (χ0n) is 14.1. The van der Waals surface area contributed by atoms with Crippen molar-refractivity contribution in [2.45, 2.75) is 12.8 Å². The minimum absolute atomic E-state index is 0.134. The first-order valence-corrected chi connectivity index (χ1v) is 8.47. The van der Waals surface area contributed by atoms with Gasteiger partial charge in [-0.3, -0.25) is 4.57 Å². The Morgan fingerprint density at radius 1 is 1.33 bits per heavy atom. The van der Waals surface area contributed by atoms with Crippen molar-refractivity contribution in [3.63, 3.8) is 0 Å². The standard InChI is InChI=1S/C18H25N3O3/c1-24-13-14-4-8-20(9-5-14)11-7-19-18(23)21-10-6-15-12-16(22)2-3-17(15)21/h2-3,6,10,12,14,22H,4-5,7-9,11,13H2,1H3,(H,19,23). The zero-order chi connectivity index (χ0) is 16.9. The summed E-state index contributed by atoms with van der Waals surface area (Å²) in [5.74, 6) is 0.876. The number of aromatic nitrogens is 1. The number of carbonyl (C=O) groups excluding carboxylic acids is 1. The molecule has 1 aliphatic rings. The van der Waals surface area contributed by atoms with Gasteiger partial charge in [-0.2, -0.15) is 0 Å². The Morgan fingerprint density at radius 3 is 2.88 bits per heavy atom. The third-order valence-electron chi connectivity index (χ3n) is 4.71.